The molecule has 2 aliphatic rings. The summed E-state index contributed by atoms with van der Waals surface area (Å²) in [4.78, 5) is 38.8. The molecule has 1 saturated carbocycles. The van der Waals surface area contributed by atoms with Crippen LogP contribution in [0, 0.1) is 5.92 Å². The van der Waals surface area contributed by atoms with Crippen LogP contribution in [0.3, 0.4) is 0 Å². The summed E-state index contributed by atoms with van der Waals surface area (Å²) >= 11 is 0. The fourth-order valence-electron chi connectivity index (χ4n) is 4.39. The lowest BCUT2D eigenvalue weighted by molar-refractivity contribution is -0.196. The van der Waals surface area contributed by atoms with Gasteiger partial charge in [-0.3, -0.25) is 9.59 Å². The first kappa shape index (κ1) is 24.2. The van der Waals surface area contributed by atoms with Crippen LogP contribution in [0.15, 0.2) is 11.3 Å². The molecule has 0 bridgehead atoms. The second-order valence-corrected chi connectivity index (χ2v) is 8.10. The number of hydrogen-bond acceptors (Lipinski definition) is 4. The lowest BCUT2D eigenvalue weighted by Crippen LogP contribution is -2.66. The van der Waals surface area contributed by atoms with Crippen LogP contribution >= 0.6 is 0 Å². The molecule has 6 nitrogen and oxygen atoms in total. The SMILES string of the molecule is CCCCN1C(=O)C(NC(=O)CCC2CCCCC2)(C(F)(F)F)C(C(=O)OC)=C1C. The zero-order valence-electron chi connectivity index (χ0n) is 17.9. The molecule has 0 aromatic heterocycles. The van der Waals surface area contributed by atoms with Gasteiger partial charge in [-0.15, -0.1) is 0 Å². The molecule has 2 rings (SSSR count). The molecule has 1 aliphatic carbocycles. The Labute approximate surface area is 175 Å². The quantitative estimate of drug-likeness (QED) is 0.591. The van der Waals surface area contributed by atoms with E-state index in [1.807, 2.05) is 12.2 Å². The van der Waals surface area contributed by atoms with Crippen molar-refractivity contribution in [3.05, 3.63) is 11.3 Å². The summed E-state index contributed by atoms with van der Waals surface area (Å²) in [7, 11) is 0.952. The topological polar surface area (TPSA) is 75.7 Å². The number of hydrogen-bond donors (Lipinski definition) is 1. The minimum Gasteiger partial charge on any atom is -0.466 e. The van der Waals surface area contributed by atoms with Crippen LogP contribution in [0.25, 0.3) is 0 Å². The van der Waals surface area contributed by atoms with E-state index < -0.39 is 35.1 Å². The first-order valence-electron chi connectivity index (χ1n) is 10.6. The first-order chi connectivity index (χ1) is 14.1. The van der Waals surface area contributed by atoms with E-state index in [0.717, 1.165) is 44.1 Å². The number of amides is 2. The molecule has 0 saturated heterocycles. The molecular formula is C21H31F3N2O4. The molecule has 1 unspecified atom stereocenters. The van der Waals surface area contributed by atoms with Crippen LogP contribution in [0.2, 0.25) is 0 Å². The molecule has 1 fully saturated rings. The molecular weight excluding hydrogens is 401 g/mol. The Bertz CT molecular complexity index is 699. The lowest BCUT2D eigenvalue weighted by atomic mass is 9.85. The highest BCUT2D eigenvalue weighted by Crippen LogP contribution is 2.45. The van der Waals surface area contributed by atoms with Crippen molar-refractivity contribution >= 4 is 17.8 Å². The van der Waals surface area contributed by atoms with Gasteiger partial charge in [0.2, 0.25) is 11.4 Å². The second kappa shape index (κ2) is 9.83. The Morgan fingerprint density at radius 2 is 1.87 bits per heavy atom. The van der Waals surface area contributed by atoms with Gasteiger partial charge in [0.15, 0.2) is 0 Å². The van der Waals surface area contributed by atoms with E-state index in [1.54, 1.807) is 0 Å². The van der Waals surface area contributed by atoms with Crippen molar-refractivity contribution in [1.29, 1.82) is 0 Å². The molecule has 1 aliphatic heterocycles. The number of ether oxygens (including phenoxy) is 1. The van der Waals surface area contributed by atoms with Gasteiger partial charge in [-0.2, -0.15) is 13.2 Å². The maximum atomic E-state index is 14.3. The molecule has 0 aromatic carbocycles. The van der Waals surface area contributed by atoms with Crippen molar-refractivity contribution in [1.82, 2.24) is 10.2 Å². The van der Waals surface area contributed by atoms with Gasteiger partial charge in [-0.25, -0.2) is 4.79 Å². The van der Waals surface area contributed by atoms with Gasteiger partial charge in [0.1, 0.15) is 5.57 Å². The number of alkyl halides is 3. The predicted molar refractivity (Wildman–Crippen MR) is 104 cm³/mol. The Balaban J connectivity index is 2.34. The Hall–Kier alpha value is -2.06. The minimum atomic E-state index is -5.20. The number of rotatable bonds is 8. The minimum absolute atomic E-state index is 0.0252. The standard InChI is InChI=1S/C21H31F3N2O4/c1-4-5-13-26-14(2)17(18(28)30-3)20(19(26)29,21(22,23)24)25-16(27)12-11-15-9-7-6-8-10-15/h15H,4-13H2,1-3H3,(H,25,27). The van der Waals surface area contributed by atoms with Crippen molar-refractivity contribution in [2.24, 2.45) is 5.92 Å². The number of carbonyl (C=O) groups excluding carboxylic acids is 3. The van der Waals surface area contributed by atoms with Crippen molar-refractivity contribution in [2.45, 2.75) is 83.4 Å². The molecule has 2 amide bonds. The van der Waals surface area contributed by atoms with Crippen molar-refractivity contribution in [2.75, 3.05) is 13.7 Å². The summed E-state index contributed by atoms with van der Waals surface area (Å²) in [5.41, 5.74) is -4.41. The van der Waals surface area contributed by atoms with Crippen LogP contribution in [0.4, 0.5) is 13.2 Å². The summed E-state index contributed by atoms with van der Waals surface area (Å²) in [6, 6.07) is 0. The molecule has 1 N–H and O–H groups in total. The number of methoxy groups -OCH3 is 1. The summed E-state index contributed by atoms with van der Waals surface area (Å²) < 4.78 is 47.6. The van der Waals surface area contributed by atoms with E-state index in [9.17, 15) is 27.6 Å². The maximum absolute atomic E-state index is 14.3. The largest absolute Gasteiger partial charge is 0.466 e. The highest BCUT2D eigenvalue weighted by atomic mass is 19.4. The van der Waals surface area contributed by atoms with Gasteiger partial charge < -0.3 is 15.0 Å². The number of esters is 1. The number of carbonyl (C=O) groups is 3. The van der Waals surface area contributed by atoms with Crippen LogP contribution in [-0.2, 0) is 19.1 Å². The fourth-order valence-corrected chi connectivity index (χ4v) is 4.39. The van der Waals surface area contributed by atoms with Crippen molar-refractivity contribution in [3.8, 4) is 0 Å². The van der Waals surface area contributed by atoms with Gasteiger partial charge in [0.05, 0.1) is 7.11 Å². The van der Waals surface area contributed by atoms with Gasteiger partial charge in [0.25, 0.3) is 5.91 Å². The number of nitrogens with zero attached hydrogens (tertiary/aromatic N) is 1. The third-order valence-electron chi connectivity index (χ3n) is 6.09. The molecule has 0 spiro atoms. The highest BCUT2D eigenvalue weighted by Gasteiger charge is 2.70. The van der Waals surface area contributed by atoms with E-state index in [0.29, 0.717) is 25.2 Å². The summed E-state index contributed by atoms with van der Waals surface area (Å²) in [5.74, 6) is -3.22. The molecule has 1 heterocycles. The van der Waals surface area contributed by atoms with E-state index in [2.05, 4.69) is 4.74 Å². The monoisotopic (exact) mass is 432 g/mol. The van der Waals surface area contributed by atoms with E-state index in [1.165, 1.54) is 6.92 Å². The number of nitrogens with one attached hydrogen (secondary N) is 1. The Morgan fingerprint density at radius 3 is 2.40 bits per heavy atom. The van der Waals surface area contributed by atoms with Crippen LogP contribution in [-0.4, -0.2) is 48.1 Å². The van der Waals surface area contributed by atoms with Gasteiger partial charge in [-0.1, -0.05) is 45.4 Å². The molecule has 1 atom stereocenters. The van der Waals surface area contributed by atoms with Crippen molar-refractivity contribution in [3.63, 3.8) is 0 Å². The zero-order chi connectivity index (χ0) is 22.5. The normalized spacial score (nSPS) is 23.1. The highest BCUT2D eigenvalue weighted by molar-refractivity contribution is 6.10. The van der Waals surface area contributed by atoms with Gasteiger partial charge in [0, 0.05) is 18.7 Å². The Morgan fingerprint density at radius 1 is 1.23 bits per heavy atom. The number of unbranched alkanes of at least 4 members (excludes halogenated alkanes) is 1. The van der Waals surface area contributed by atoms with E-state index >= 15 is 0 Å². The van der Waals surface area contributed by atoms with Crippen LogP contribution in [0.5, 0.6) is 0 Å². The van der Waals surface area contributed by atoms with E-state index in [4.69, 9.17) is 0 Å². The third-order valence-corrected chi connectivity index (χ3v) is 6.09. The second-order valence-electron chi connectivity index (χ2n) is 8.10. The summed E-state index contributed by atoms with van der Waals surface area (Å²) in [6.07, 6.45) is 1.39. The van der Waals surface area contributed by atoms with Gasteiger partial charge >= 0.3 is 12.1 Å². The van der Waals surface area contributed by atoms with E-state index in [-0.39, 0.29) is 18.7 Å². The van der Waals surface area contributed by atoms with Crippen LogP contribution in [0.1, 0.15) is 71.6 Å². The summed E-state index contributed by atoms with van der Waals surface area (Å²) in [6.45, 7) is 3.14. The van der Waals surface area contributed by atoms with Gasteiger partial charge in [-0.05, 0) is 25.7 Å². The average molecular weight is 432 g/mol. The number of allylic oxidation sites excluding steroid dienone is 1. The fraction of sp³-hybridized carbons (Fsp3) is 0.762. The lowest BCUT2D eigenvalue weighted by Gasteiger charge is -2.33. The Kier molecular flexibility index (Phi) is 7.93. The first-order valence-corrected chi connectivity index (χ1v) is 10.6. The predicted octanol–water partition coefficient (Wildman–Crippen LogP) is 3.85. The smallest absolute Gasteiger partial charge is 0.425 e. The maximum Gasteiger partial charge on any atom is 0.425 e. The average Bonchev–Trinajstić information content (AvgIpc) is 2.92. The third kappa shape index (κ3) is 4.64. The molecule has 170 valence electrons. The zero-order valence-corrected chi connectivity index (χ0v) is 17.9. The van der Waals surface area contributed by atoms with Crippen molar-refractivity contribution < 1.29 is 32.3 Å². The molecule has 0 radical (unpaired) electrons. The molecule has 9 heteroatoms. The number of halogens is 3. The molecule has 30 heavy (non-hydrogen) atoms. The summed E-state index contributed by atoms with van der Waals surface area (Å²) in [5, 5.41) is 1.91. The van der Waals surface area contributed by atoms with Crippen LogP contribution < -0.4 is 5.32 Å². The molecule has 0 aromatic rings.